The van der Waals surface area contributed by atoms with Crippen molar-refractivity contribution in [1.29, 1.82) is 0 Å². The number of hydrogen-bond acceptors (Lipinski definition) is 5. The van der Waals surface area contributed by atoms with Gasteiger partial charge in [-0.3, -0.25) is 5.43 Å². The predicted molar refractivity (Wildman–Crippen MR) is 100 cm³/mol. The molecular formula is C18H16ClN3OS. The van der Waals surface area contributed by atoms with Crippen molar-refractivity contribution in [2.45, 2.75) is 13.5 Å². The summed E-state index contributed by atoms with van der Waals surface area (Å²) in [4.78, 5) is 4.27. The zero-order chi connectivity index (χ0) is 16.8. The fourth-order valence-electron chi connectivity index (χ4n) is 2.02. The molecule has 0 saturated heterocycles. The number of aryl methyl sites for hydroxylation is 1. The van der Waals surface area contributed by atoms with Gasteiger partial charge in [0.25, 0.3) is 0 Å². The van der Waals surface area contributed by atoms with Crippen LogP contribution in [0.15, 0.2) is 59.0 Å². The summed E-state index contributed by atoms with van der Waals surface area (Å²) in [6.07, 6.45) is 1.70. The first kappa shape index (κ1) is 16.5. The molecule has 0 radical (unpaired) electrons. The van der Waals surface area contributed by atoms with Crippen molar-refractivity contribution in [3.8, 4) is 5.75 Å². The topological polar surface area (TPSA) is 46.5 Å². The Labute approximate surface area is 149 Å². The molecule has 6 heteroatoms. The number of nitrogens with zero attached hydrogens (tertiary/aromatic N) is 2. The van der Waals surface area contributed by atoms with Crippen LogP contribution < -0.4 is 10.2 Å². The summed E-state index contributed by atoms with van der Waals surface area (Å²) >= 11 is 7.79. The van der Waals surface area contributed by atoms with Crippen LogP contribution in [0.1, 0.15) is 16.8 Å². The van der Waals surface area contributed by atoms with Crippen molar-refractivity contribution in [3.63, 3.8) is 0 Å². The number of aromatic nitrogens is 1. The second kappa shape index (κ2) is 7.95. The van der Waals surface area contributed by atoms with Crippen molar-refractivity contribution in [2.75, 3.05) is 5.43 Å². The molecule has 0 aliphatic carbocycles. The number of benzene rings is 2. The average molecular weight is 358 g/mol. The van der Waals surface area contributed by atoms with Crippen LogP contribution in [0.5, 0.6) is 5.75 Å². The highest BCUT2D eigenvalue weighted by atomic mass is 35.5. The Hall–Kier alpha value is -2.37. The number of hydrazone groups is 1. The van der Waals surface area contributed by atoms with Crippen LogP contribution in [-0.2, 0) is 6.61 Å². The maximum Gasteiger partial charge on any atom is 0.203 e. The van der Waals surface area contributed by atoms with E-state index in [2.05, 4.69) is 15.5 Å². The van der Waals surface area contributed by atoms with Crippen LogP contribution in [0, 0.1) is 6.92 Å². The van der Waals surface area contributed by atoms with Crippen LogP contribution in [0.25, 0.3) is 0 Å². The summed E-state index contributed by atoms with van der Waals surface area (Å²) in [6.45, 7) is 2.43. The molecule has 1 heterocycles. The summed E-state index contributed by atoms with van der Waals surface area (Å²) < 4.78 is 5.75. The second-order valence-electron chi connectivity index (χ2n) is 5.13. The number of hydrogen-bond donors (Lipinski definition) is 1. The quantitative estimate of drug-likeness (QED) is 0.491. The van der Waals surface area contributed by atoms with E-state index < -0.39 is 0 Å². The molecule has 0 amide bonds. The number of rotatable bonds is 6. The Balaban J connectivity index is 1.59. The lowest BCUT2D eigenvalue weighted by Gasteiger charge is -2.08. The molecule has 0 aliphatic rings. The van der Waals surface area contributed by atoms with E-state index in [9.17, 15) is 0 Å². The zero-order valence-electron chi connectivity index (χ0n) is 13.1. The van der Waals surface area contributed by atoms with E-state index in [-0.39, 0.29) is 0 Å². The third-order valence-corrected chi connectivity index (χ3v) is 4.35. The first-order chi connectivity index (χ1) is 11.7. The molecule has 0 bridgehead atoms. The highest BCUT2D eigenvalue weighted by Crippen LogP contribution is 2.26. The smallest absolute Gasteiger partial charge is 0.203 e. The van der Waals surface area contributed by atoms with Gasteiger partial charge in [0.2, 0.25) is 5.13 Å². The van der Waals surface area contributed by atoms with Gasteiger partial charge in [0.15, 0.2) is 0 Å². The summed E-state index contributed by atoms with van der Waals surface area (Å²) in [5.74, 6) is 0.654. The van der Waals surface area contributed by atoms with E-state index in [0.717, 1.165) is 22.0 Å². The minimum absolute atomic E-state index is 0.485. The van der Waals surface area contributed by atoms with E-state index in [0.29, 0.717) is 17.4 Å². The monoisotopic (exact) mass is 357 g/mol. The minimum Gasteiger partial charge on any atom is -0.487 e. The molecule has 0 saturated carbocycles. The highest BCUT2D eigenvalue weighted by molar-refractivity contribution is 7.13. The molecule has 0 unspecified atom stereocenters. The Morgan fingerprint density at radius 3 is 2.79 bits per heavy atom. The standard InChI is InChI=1S/C18H16ClN3OS/c1-13-12-24-18(21-13)22-20-10-15-7-8-17(16(19)9-15)23-11-14-5-3-2-4-6-14/h2-10,12H,11H2,1H3,(H,21,22)/b20-10-. The van der Waals surface area contributed by atoms with Crippen molar-refractivity contribution < 1.29 is 4.74 Å². The molecule has 3 aromatic rings. The fraction of sp³-hybridized carbons (Fsp3) is 0.111. The molecule has 0 atom stereocenters. The van der Waals surface area contributed by atoms with Crippen LogP contribution in [0.2, 0.25) is 5.02 Å². The Kier molecular flexibility index (Phi) is 5.46. The lowest BCUT2D eigenvalue weighted by atomic mass is 10.2. The van der Waals surface area contributed by atoms with Crippen molar-refractivity contribution in [2.24, 2.45) is 5.10 Å². The minimum atomic E-state index is 0.485. The molecule has 1 aromatic heterocycles. The Bertz CT molecular complexity index is 833. The molecule has 24 heavy (non-hydrogen) atoms. The largest absolute Gasteiger partial charge is 0.487 e. The van der Waals surface area contributed by atoms with Gasteiger partial charge in [-0.2, -0.15) is 5.10 Å². The maximum atomic E-state index is 6.28. The number of ether oxygens (including phenoxy) is 1. The third kappa shape index (κ3) is 4.57. The normalized spacial score (nSPS) is 10.9. The van der Waals surface area contributed by atoms with Gasteiger partial charge in [0, 0.05) is 5.38 Å². The Morgan fingerprint density at radius 2 is 2.08 bits per heavy atom. The van der Waals surface area contributed by atoms with Crippen molar-refractivity contribution >= 4 is 34.3 Å². The maximum absolute atomic E-state index is 6.28. The predicted octanol–water partition coefficient (Wildman–Crippen LogP) is 5.13. The van der Waals surface area contributed by atoms with Crippen LogP contribution in [0.4, 0.5) is 5.13 Å². The van der Waals surface area contributed by atoms with Gasteiger partial charge in [-0.25, -0.2) is 4.98 Å². The molecule has 1 N–H and O–H groups in total. The molecule has 122 valence electrons. The average Bonchev–Trinajstić information content (AvgIpc) is 3.00. The molecular weight excluding hydrogens is 342 g/mol. The summed E-state index contributed by atoms with van der Waals surface area (Å²) in [6, 6.07) is 15.5. The van der Waals surface area contributed by atoms with E-state index in [1.165, 1.54) is 11.3 Å². The SMILES string of the molecule is Cc1csc(N/N=C\c2ccc(OCc3ccccc3)c(Cl)c2)n1. The van der Waals surface area contributed by atoms with Gasteiger partial charge in [0.05, 0.1) is 16.9 Å². The lowest BCUT2D eigenvalue weighted by molar-refractivity contribution is 0.306. The van der Waals surface area contributed by atoms with Gasteiger partial charge in [-0.05, 0) is 36.2 Å². The summed E-state index contributed by atoms with van der Waals surface area (Å²) in [5.41, 5.74) is 5.85. The molecule has 0 fully saturated rings. The summed E-state index contributed by atoms with van der Waals surface area (Å²) in [7, 11) is 0. The van der Waals surface area contributed by atoms with E-state index in [4.69, 9.17) is 16.3 Å². The lowest BCUT2D eigenvalue weighted by Crippen LogP contribution is -1.96. The van der Waals surface area contributed by atoms with Crippen molar-refractivity contribution in [3.05, 3.63) is 75.8 Å². The molecule has 2 aromatic carbocycles. The molecule has 0 spiro atoms. The van der Waals surface area contributed by atoms with E-state index in [1.807, 2.05) is 60.8 Å². The highest BCUT2D eigenvalue weighted by Gasteiger charge is 2.03. The van der Waals surface area contributed by atoms with Gasteiger partial charge in [0.1, 0.15) is 12.4 Å². The van der Waals surface area contributed by atoms with Crippen LogP contribution in [0.3, 0.4) is 0 Å². The van der Waals surface area contributed by atoms with Gasteiger partial charge in [-0.15, -0.1) is 11.3 Å². The molecule has 3 rings (SSSR count). The van der Waals surface area contributed by atoms with Crippen LogP contribution in [-0.4, -0.2) is 11.2 Å². The number of thiazole rings is 1. The second-order valence-corrected chi connectivity index (χ2v) is 6.39. The van der Waals surface area contributed by atoms with Gasteiger partial charge in [-0.1, -0.05) is 41.9 Å². The Morgan fingerprint density at radius 1 is 1.25 bits per heavy atom. The van der Waals surface area contributed by atoms with E-state index >= 15 is 0 Å². The van der Waals surface area contributed by atoms with Crippen LogP contribution >= 0.6 is 22.9 Å². The number of nitrogens with one attached hydrogen (secondary N) is 1. The fourth-order valence-corrected chi connectivity index (χ4v) is 2.90. The zero-order valence-corrected chi connectivity index (χ0v) is 14.6. The first-order valence-electron chi connectivity index (χ1n) is 7.38. The van der Waals surface area contributed by atoms with Gasteiger partial charge >= 0.3 is 0 Å². The number of halogens is 1. The molecule has 4 nitrogen and oxygen atoms in total. The van der Waals surface area contributed by atoms with Gasteiger partial charge < -0.3 is 4.74 Å². The van der Waals surface area contributed by atoms with E-state index in [1.54, 1.807) is 6.21 Å². The molecule has 0 aliphatic heterocycles. The van der Waals surface area contributed by atoms with Crippen molar-refractivity contribution in [1.82, 2.24) is 4.98 Å². The summed E-state index contributed by atoms with van der Waals surface area (Å²) in [5, 5.41) is 7.45. The third-order valence-electron chi connectivity index (χ3n) is 3.19. The first-order valence-corrected chi connectivity index (χ1v) is 8.64. The number of anilines is 1.